The maximum atomic E-state index is 12.3. The van der Waals surface area contributed by atoms with E-state index < -0.39 is 42.3 Å². The Morgan fingerprint density at radius 3 is 2.07 bits per heavy atom. The number of nitrogens with one attached hydrogen (secondary N) is 2. The summed E-state index contributed by atoms with van der Waals surface area (Å²) < 4.78 is 79.4. The van der Waals surface area contributed by atoms with Crippen molar-refractivity contribution >= 4 is 71.4 Å². The van der Waals surface area contributed by atoms with Crippen molar-refractivity contribution in [3.8, 4) is 0 Å². The summed E-state index contributed by atoms with van der Waals surface area (Å²) in [5, 5.41) is 5.70. The van der Waals surface area contributed by atoms with Crippen LogP contribution in [0, 0.1) is 0 Å². The van der Waals surface area contributed by atoms with Crippen LogP contribution in [0.15, 0.2) is 4.99 Å². The van der Waals surface area contributed by atoms with Crippen molar-refractivity contribution < 1.29 is 84.4 Å². The number of carbonyl (C=O) groups is 2. The Morgan fingerprint density at radius 1 is 0.855 bits per heavy atom. The van der Waals surface area contributed by atoms with E-state index >= 15 is 0 Å². The highest BCUT2D eigenvalue weighted by Crippen LogP contribution is 2.66. The second-order valence-corrected chi connectivity index (χ2v) is 19.8. The first-order chi connectivity index (χ1) is 25.8. The topological polar surface area (TPSA) is 286 Å². The highest BCUT2D eigenvalue weighted by atomic mass is 33.1. The van der Waals surface area contributed by atoms with Crippen LogP contribution in [0.4, 0.5) is 0 Å². The molecular weight excluding hydrogens is 834 g/mol. The highest BCUT2D eigenvalue weighted by Gasteiger charge is 2.42. The summed E-state index contributed by atoms with van der Waals surface area (Å²) in [6.07, 6.45) is 2.39. The Labute approximate surface area is 331 Å². The summed E-state index contributed by atoms with van der Waals surface area (Å²) >= 11 is 0. The fraction of sp³-hybridized carbons (Fsp3) is 0.893. The highest BCUT2D eigenvalue weighted by molar-refractivity contribution is 8.77. The zero-order valence-electron chi connectivity index (χ0n) is 31.5. The fourth-order valence-corrected chi connectivity index (χ4v) is 9.61. The Hall–Kier alpha value is -0.455. The summed E-state index contributed by atoms with van der Waals surface area (Å²) in [5.74, 6) is 0.0324. The Balaban J connectivity index is 2.06. The molecule has 1 rings (SSSR count). The largest absolute Gasteiger partial charge is 0.490 e. The van der Waals surface area contributed by atoms with Gasteiger partial charge in [-0.2, -0.15) is 8.62 Å². The third-order valence-corrected chi connectivity index (χ3v) is 13.7. The molecule has 0 aromatic heterocycles. The molecule has 1 fully saturated rings. The van der Waals surface area contributed by atoms with Gasteiger partial charge in [0.05, 0.1) is 65.6 Å². The molecule has 5 atom stereocenters. The number of ether oxygens (including phenoxy) is 6. The van der Waals surface area contributed by atoms with Crippen LogP contribution < -0.4 is 10.6 Å². The zero-order chi connectivity index (χ0) is 41.2. The molecule has 21 nitrogen and oxygen atoms in total. The first kappa shape index (κ1) is 52.6. The van der Waals surface area contributed by atoms with E-state index in [-0.39, 0.29) is 41.5 Å². The minimum Gasteiger partial charge on any atom is -0.379 e. The molecule has 0 spiro atoms. The molecule has 1 aliphatic heterocycles. The van der Waals surface area contributed by atoms with Crippen LogP contribution in [-0.2, 0) is 64.9 Å². The van der Waals surface area contributed by atoms with E-state index in [9.17, 15) is 33.1 Å². The second kappa shape index (κ2) is 28.9. The summed E-state index contributed by atoms with van der Waals surface area (Å²) in [6.45, 7) is 11.2. The number of phosphoric ester groups is 1. The molecule has 0 aliphatic carbocycles. The Kier molecular flexibility index (Phi) is 27.6. The van der Waals surface area contributed by atoms with Crippen molar-refractivity contribution in [3.63, 3.8) is 0 Å². The maximum Gasteiger partial charge on any atom is 0.490 e. The van der Waals surface area contributed by atoms with Gasteiger partial charge in [-0.25, -0.2) is 13.7 Å². The number of amides is 2. The van der Waals surface area contributed by atoms with Crippen LogP contribution in [0.5, 0.6) is 0 Å². The molecule has 0 saturated carbocycles. The lowest BCUT2D eigenvalue weighted by atomic mass is 9.96. The van der Waals surface area contributed by atoms with Gasteiger partial charge in [-0.15, -0.1) is 0 Å². The number of nitrogens with zero attached hydrogens (tertiary/aromatic N) is 1. The van der Waals surface area contributed by atoms with E-state index in [0.29, 0.717) is 72.2 Å². The lowest BCUT2D eigenvalue weighted by Gasteiger charge is -2.24. The number of aliphatic imine (C=N–C) groups is 1. The van der Waals surface area contributed by atoms with Crippen LogP contribution in [0.2, 0.25) is 0 Å². The summed E-state index contributed by atoms with van der Waals surface area (Å²) in [6, 6.07) is -0.303. The smallest absolute Gasteiger partial charge is 0.379 e. The molecule has 1 aliphatic rings. The number of carbonyl (C=O) groups excluding carboxylic acids is 2. The number of hydrogen-bond donors (Lipinski definition) is 6. The molecular formula is C28H57BN3O18P3S2. The summed E-state index contributed by atoms with van der Waals surface area (Å²) in [7, 11) is -11.8. The van der Waals surface area contributed by atoms with Gasteiger partial charge in [-0.1, -0.05) is 28.0 Å². The van der Waals surface area contributed by atoms with Crippen LogP contribution in [0.1, 0.15) is 52.4 Å². The van der Waals surface area contributed by atoms with Crippen molar-refractivity contribution in [1.82, 2.24) is 10.6 Å². The lowest BCUT2D eigenvalue weighted by Crippen LogP contribution is -2.36. The van der Waals surface area contributed by atoms with Gasteiger partial charge in [0.25, 0.3) is 0 Å². The van der Waals surface area contributed by atoms with Gasteiger partial charge >= 0.3 is 23.5 Å². The molecule has 0 radical (unpaired) electrons. The van der Waals surface area contributed by atoms with Gasteiger partial charge in [0.1, 0.15) is 19.9 Å². The fourth-order valence-electron chi connectivity index (χ4n) is 4.41. The van der Waals surface area contributed by atoms with Crippen LogP contribution >= 0.6 is 45.1 Å². The van der Waals surface area contributed by atoms with Crippen LogP contribution in [-0.4, -0.2) is 154 Å². The van der Waals surface area contributed by atoms with E-state index in [4.69, 9.17) is 38.2 Å². The molecule has 6 N–H and O–H groups in total. The monoisotopic (exact) mass is 891 g/mol. The lowest BCUT2D eigenvalue weighted by molar-refractivity contribution is -0.122. The van der Waals surface area contributed by atoms with Gasteiger partial charge in [-0.3, -0.25) is 14.1 Å². The zero-order valence-corrected chi connectivity index (χ0v) is 35.8. The number of unbranched alkanes of at least 4 members (excludes halogenated alkanes) is 2. The van der Waals surface area contributed by atoms with Crippen LogP contribution in [0.3, 0.4) is 0 Å². The minimum absolute atomic E-state index is 0.0172. The van der Waals surface area contributed by atoms with Gasteiger partial charge in [-0.05, 0) is 39.8 Å². The average Bonchev–Trinajstić information content (AvgIpc) is 3.43. The number of phosphoric acid groups is 3. The molecule has 2 unspecified atom stereocenters. The van der Waals surface area contributed by atoms with Gasteiger partial charge in [0.15, 0.2) is 0 Å². The maximum absolute atomic E-state index is 12.3. The van der Waals surface area contributed by atoms with E-state index in [1.54, 1.807) is 7.85 Å². The van der Waals surface area contributed by atoms with Crippen molar-refractivity contribution in [3.05, 3.63) is 0 Å². The molecule has 55 heavy (non-hydrogen) atoms. The molecule has 0 aromatic carbocycles. The predicted molar refractivity (Wildman–Crippen MR) is 207 cm³/mol. The first-order valence-electron chi connectivity index (χ1n) is 17.5. The standard InChI is InChI=1S/C28H57BN3O18P3S2/c1-28(2,55-54-22-46-23-19-25(29)48-24(23)20-47-52(38,39)50-53(40,41)49-51(35,36)37)21-32-27(34)8-11-42-13-15-44-17-18-45-16-14-43-12-10-31-26(33)7-5-4-6-9-30-3/h23-25H,3-22,29H2,1-2H3,(H,31,33)(H,32,34)(H,38,39)(H,40,41)(H2,35,36,37)/t23-,24-,25-/m1/s1. The van der Waals surface area contributed by atoms with Gasteiger partial charge < -0.3 is 63.6 Å². The third kappa shape index (κ3) is 30.3. The SMILES string of the molecule is B[C@H]1C[C@@H](OCSSC(C)(C)CNC(=O)CCOCCOCCOCCOCCNC(=O)CCCCCN=C)[C@@H](COP(=O)(O)OP(=O)(O)OP(=O)(O)O)O1. The minimum atomic E-state index is -5.63. The van der Waals surface area contributed by atoms with Crippen molar-refractivity contribution in [2.75, 3.05) is 85.0 Å². The number of hydrogen-bond acceptors (Lipinski definition) is 17. The van der Waals surface area contributed by atoms with E-state index in [2.05, 4.69) is 35.5 Å². The molecule has 322 valence electrons. The van der Waals surface area contributed by atoms with Crippen molar-refractivity contribution in [1.29, 1.82) is 0 Å². The molecule has 1 heterocycles. The molecule has 0 aromatic rings. The van der Waals surface area contributed by atoms with Crippen LogP contribution in [0.25, 0.3) is 0 Å². The molecule has 2 amide bonds. The van der Waals surface area contributed by atoms with Gasteiger partial charge in [0.2, 0.25) is 11.8 Å². The molecule has 0 bridgehead atoms. The third-order valence-electron chi connectivity index (χ3n) is 6.91. The average molecular weight is 892 g/mol. The Bertz CT molecular complexity index is 1260. The first-order valence-corrected chi connectivity index (χ1v) is 24.3. The second-order valence-electron chi connectivity index (χ2n) is 12.5. The summed E-state index contributed by atoms with van der Waals surface area (Å²) in [5.41, 5.74) is 0. The molecule has 27 heteroatoms. The quantitative estimate of drug-likeness (QED) is 0.0131. The molecule has 1 saturated heterocycles. The van der Waals surface area contributed by atoms with Crippen molar-refractivity contribution in [2.45, 2.75) is 75.3 Å². The van der Waals surface area contributed by atoms with E-state index in [1.807, 2.05) is 13.8 Å². The van der Waals surface area contributed by atoms with E-state index in [0.717, 1.165) is 25.8 Å². The van der Waals surface area contributed by atoms with Gasteiger partial charge in [0, 0.05) is 43.2 Å². The predicted octanol–water partition coefficient (Wildman–Crippen LogP) is 1.53. The van der Waals surface area contributed by atoms with Crippen molar-refractivity contribution in [2.24, 2.45) is 4.99 Å². The normalized spacial score (nSPS) is 19.8. The summed E-state index contributed by atoms with van der Waals surface area (Å²) in [4.78, 5) is 64.1. The van der Waals surface area contributed by atoms with E-state index in [1.165, 1.54) is 21.6 Å². The Morgan fingerprint density at radius 2 is 1.45 bits per heavy atom. The number of rotatable bonds is 35.